The normalized spacial score (nSPS) is 6.00. The minimum absolute atomic E-state index is 0. The topological polar surface area (TPSA) is 51.6 Å². The molecule has 0 spiro atoms. The molecule has 0 aliphatic heterocycles. The molecule has 0 saturated heterocycles. The number of hydrogen-bond acceptors (Lipinski definition) is 4. The second-order valence-corrected chi connectivity index (χ2v) is 0.653. The Balaban J connectivity index is 0. The van der Waals surface area contributed by atoms with Crippen molar-refractivity contribution in [2.75, 3.05) is 0 Å². The maximum absolute atomic E-state index is 3.31. The van der Waals surface area contributed by atoms with Gasteiger partial charge in [0.05, 0.1) is 0 Å². The molecule has 0 aliphatic rings. The second-order valence-electron chi connectivity index (χ2n) is 0.653. The molecular formula is C2HClN4Pt. The van der Waals surface area contributed by atoms with Gasteiger partial charge in [-0.2, -0.15) is 5.10 Å². The first-order valence-electron chi connectivity index (χ1n) is 1.37. The molecule has 0 unspecified atom stereocenters. The maximum Gasteiger partial charge on any atom is 2.00 e. The van der Waals surface area contributed by atoms with E-state index in [4.69, 9.17) is 0 Å². The second kappa shape index (κ2) is 6.92. The van der Waals surface area contributed by atoms with E-state index in [1.54, 1.807) is 0 Å². The summed E-state index contributed by atoms with van der Waals surface area (Å²) in [5.74, 6) is 0. The molecule has 0 N–H and O–H groups in total. The molecule has 0 bridgehead atoms. The van der Waals surface area contributed by atoms with Gasteiger partial charge in [0.2, 0.25) is 0 Å². The van der Waals surface area contributed by atoms with E-state index in [9.17, 15) is 0 Å². The number of nitrogens with zero attached hydrogens (tertiary/aromatic N) is 4. The Morgan fingerprint density at radius 2 is 2.00 bits per heavy atom. The van der Waals surface area contributed by atoms with Gasteiger partial charge in [0.15, 0.2) is 0 Å². The molecular weight excluding hydrogens is 311 g/mol. The van der Waals surface area contributed by atoms with Crippen molar-refractivity contribution in [3.63, 3.8) is 0 Å². The fourth-order valence-electron chi connectivity index (χ4n) is 0.146. The van der Waals surface area contributed by atoms with Gasteiger partial charge in [-0.25, -0.2) is 0 Å². The smallest absolute Gasteiger partial charge is 1.00 e. The van der Waals surface area contributed by atoms with Crippen LogP contribution >= 0.6 is 0 Å². The minimum atomic E-state index is 0. The van der Waals surface area contributed by atoms with Crippen LogP contribution in [-0.2, 0) is 21.1 Å². The molecule has 0 aliphatic carbocycles. The molecule has 1 rings (SSSR count). The Morgan fingerprint density at radius 3 is 2.12 bits per heavy atom. The van der Waals surface area contributed by atoms with E-state index in [1.165, 1.54) is 6.20 Å². The van der Waals surface area contributed by atoms with Gasteiger partial charge >= 0.3 is 21.1 Å². The number of halogens is 1. The Labute approximate surface area is 66.8 Å². The van der Waals surface area contributed by atoms with Gasteiger partial charge in [-0.05, 0) is 5.21 Å². The van der Waals surface area contributed by atoms with Gasteiger partial charge in [0.1, 0.15) is 0 Å². The van der Waals surface area contributed by atoms with Gasteiger partial charge in [-0.3, -0.25) is 0 Å². The van der Waals surface area contributed by atoms with Crippen LogP contribution in [0.3, 0.4) is 0 Å². The molecule has 0 radical (unpaired) electrons. The van der Waals surface area contributed by atoms with Crippen LogP contribution in [0.1, 0.15) is 0 Å². The van der Waals surface area contributed by atoms with Crippen molar-refractivity contribution in [2.24, 2.45) is 0 Å². The Kier molecular flexibility index (Phi) is 9.36. The van der Waals surface area contributed by atoms with Crippen molar-refractivity contribution in [3.8, 4) is 0 Å². The fourth-order valence-corrected chi connectivity index (χ4v) is 0.146. The van der Waals surface area contributed by atoms with Gasteiger partial charge in [0, 0.05) is 0 Å². The summed E-state index contributed by atoms with van der Waals surface area (Å²) < 4.78 is 0. The minimum Gasteiger partial charge on any atom is -1.00 e. The van der Waals surface area contributed by atoms with Crippen LogP contribution in [0.4, 0.5) is 0 Å². The summed E-state index contributed by atoms with van der Waals surface area (Å²) in [6.07, 6.45) is 3.70. The Bertz CT molecular complexity index is 86.0. The molecule has 0 aromatic carbocycles. The van der Waals surface area contributed by atoms with Crippen molar-refractivity contribution in [3.05, 3.63) is 12.4 Å². The molecule has 6 heteroatoms. The Morgan fingerprint density at radius 1 is 1.25 bits per heavy atom. The standard InChI is InChI=1S/C2HN4.ClH.Pt/c1-2-4-6-5-3-1;;/h1H;1H;/q-1;;+2/p-1. The van der Waals surface area contributed by atoms with E-state index >= 15 is 0 Å². The van der Waals surface area contributed by atoms with Crippen molar-refractivity contribution in [2.45, 2.75) is 0 Å². The van der Waals surface area contributed by atoms with E-state index in [0.29, 0.717) is 0 Å². The van der Waals surface area contributed by atoms with Crippen LogP contribution in [0.15, 0.2) is 6.20 Å². The summed E-state index contributed by atoms with van der Waals surface area (Å²) in [6, 6.07) is 0. The number of rotatable bonds is 0. The predicted molar refractivity (Wildman–Crippen MR) is 16.5 cm³/mol. The average Bonchev–Trinajstić information content (AvgIpc) is 1.72. The first-order valence-corrected chi connectivity index (χ1v) is 1.37. The molecule has 1 aromatic heterocycles. The number of hydrogen-bond donors (Lipinski definition) is 0. The zero-order chi connectivity index (χ0) is 4.24. The number of aromatic nitrogens is 4. The van der Waals surface area contributed by atoms with E-state index in [-0.39, 0.29) is 33.5 Å². The third kappa shape index (κ3) is 4.09. The van der Waals surface area contributed by atoms with Crippen molar-refractivity contribution < 1.29 is 33.5 Å². The monoisotopic (exact) mass is 311 g/mol. The van der Waals surface area contributed by atoms with Crippen LogP contribution in [0.5, 0.6) is 0 Å². The molecule has 0 fully saturated rings. The van der Waals surface area contributed by atoms with Crippen molar-refractivity contribution in [1.29, 1.82) is 0 Å². The largest absolute Gasteiger partial charge is 2.00 e. The van der Waals surface area contributed by atoms with Crippen molar-refractivity contribution >= 4 is 0 Å². The molecule has 0 atom stereocenters. The van der Waals surface area contributed by atoms with Gasteiger partial charge < -0.3 is 23.7 Å². The molecule has 0 saturated carbocycles. The van der Waals surface area contributed by atoms with Crippen LogP contribution in [0, 0.1) is 6.20 Å². The summed E-state index contributed by atoms with van der Waals surface area (Å²) in [5, 5.41) is 12.8. The molecule has 4 nitrogen and oxygen atoms in total. The van der Waals surface area contributed by atoms with Crippen LogP contribution in [0.2, 0.25) is 0 Å². The molecule has 46 valence electrons. The third-order valence-corrected chi connectivity index (χ3v) is 0.310. The van der Waals surface area contributed by atoms with Crippen molar-refractivity contribution in [1.82, 2.24) is 20.6 Å². The van der Waals surface area contributed by atoms with Crippen LogP contribution in [0.25, 0.3) is 0 Å². The average molecular weight is 312 g/mol. The SMILES string of the molecule is [Cl-].[Pt+2].[c-]1cnnnn1. The van der Waals surface area contributed by atoms with E-state index in [2.05, 4.69) is 26.8 Å². The molecule has 1 aromatic rings. The van der Waals surface area contributed by atoms with Gasteiger partial charge in [-0.15, -0.1) is 6.20 Å². The first-order chi connectivity index (χ1) is 3.00. The molecule has 8 heavy (non-hydrogen) atoms. The summed E-state index contributed by atoms with van der Waals surface area (Å²) in [7, 11) is 0. The summed E-state index contributed by atoms with van der Waals surface area (Å²) in [4.78, 5) is 0. The first kappa shape index (κ1) is 10.8. The summed E-state index contributed by atoms with van der Waals surface area (Å²) in [5.41, 5.74) is 0. The van der Waals surface area contributed by atoms with E-state index < -0.39 is 0 Å². The summed E-state index contributed by atoms with van der Waals surface area (Å²) >= 11 is 0. The zero-order valence-corrected chi connectivity index (χ0v) is 6.59. The maximum atomic E-state index is 3.31. The van der Waals surface area contributed by atoms with E-state index in [0.717, 1.165) is 0 Å². The zero-order valence-electron chi connectivity index (χ0n) is 3.56. The molecule has 1 heterocycles. The predicted octanol–water partition coefficient (Wildman–Crippen LogP) is -3.93. The quantitative estimate of drug-likeness (QED) is 0.459. The summed E-state index contributed by atoms with van der Waals surface area (Å²) in [6.45, 7) is 0. The van der Waals surface area contributed by atoms with Gasteiger partial charge in [-0.1, -0.05) is 5.21 Å². The van der Waals surface area contributed by atoms with Crippen LogP contribution in [-0.4, -0.2) is 20.6 Å². The van der Waals surface area contributed by atoms with Crippen LogP contribution < -0.4 is 12.4 Å². The fraction of sp³-hybridized carbons (Fsp3) is 0. The van der Waals surface area contributed by atoms with Gasteiger partial charge in [0.25, 0.3) is 0 Å². The third-order valence-electron chi connectivity index (χ3n) is 0.310. The Hall–Kier alpha value is -0.0817. The van der Waals surface area contributed by atoms with E-state index in [1.807, 2.05) is 0 Å². The molecule has 0 amide bonds.